The van der Waals surface area contributed by atoms with Gasteiger partial charge in [-0.2, -0.15) is 0 Å². The van der Waals surface area contributed by atoms with Crippen molar-refractivity contribution in [2.75, 3.05) is 6.54 Å². The van der Waals surface area contributed by atoms with Crippen molar-refractivity contribution in [2.24, 2.45) is 0 Å². The smallest absolute Gasteiger partial charge is 0.251 e. The van der Waals surface area contributed by atoms with E-state index in [0.717, 1.165) is 11.1 Å². The quantitative estimate of drug-likeness (QED) is 0.640. The molecule has 0 bridgehead atoms. The van der Waals surface area contributed by atoms with E-state index in [1.807, 2.05) is 31.2 Å². The van der Waals surface area contributed by atoms with Crippen LogP contribution in [-0.2, 0) is 13.0 Å². The van der Waals surface area contributed by atoms with Crippen LogP contribution in [0.3, 0.4) is 0 Å². The minimum absolute atomic E-state index is 0.243. The molecule has 5 heteroatoms. The van der Waals surface area contributed by atoms with Gasteiger partial charge in [0.2, 0.25) is 0 Å². The van der Waals surface area contributed by atoms with E-state index in [4.69, 9.17) is 0 Å². The predicted octanol–water partition coefficient (Wildman–Crippen LogP) is 4.04. The highest BCUT2D eigenvalue weighted by molar-refractivity contribution is 5.99. The van der Waals surface area contributed by atoms with E-state index < -0.39 is 0 Å². The molecule has 4 nitrogen and oxygen atoms in total. The molecule has 0 unspecified atom stereocenters. The van der Waals surface area contributed by atoms with Gasteiger partial charge in [0.05, 0.1) is 0 Å². The van der Waals surface area contributed by atoms with Crippen molar-refractivity contribution in [2.45, 2.75) is 19.9 Å². The van der Waals surface area contributed by atoms with Gasteiger partial charge in [0, 0.05) is 24.2 Å². The summed E-state index contributed by atoms with van der Waals surface area (Å²) in [5, 5.41) is 5.63. The summed E-state index contributed by atoms with van der Waals surface area (Å²) in [5.41, 5.74) is 3.50. The Balaban J connectivity index is 1.55. The number of carbonyl (C=O) groups is 2. The van der Waals surface area contributed by atoms with Crippen LogP contribution >= 0.6 is 0 Å². The molecule has 0 saturated heterocycles. The summed E-state index contributed by atoms with van der Waals surface area (Å²) in [7, 11) is 0. The fourth-order valence-electron chi connectivity index (χ4n) is 3.02. The highest BCUT2D eigenvalue weighted by Crippen LogP contribution is 2.09. The van der Waals surface area contributed by atoms with Gasteiger partial charge in [-0.3, -0.25) is 9.59 Å². The zero-order valence-electron chi connectivity index (χ0n) is 16.2. The minimum Gasteiger partial charge on any atom is -0.352 e. The number of benzene rings is 3. The van der Waals surface area contributed by atoms with Crippen LogP contribution in [0.15, 0.2) is 72.8 Å². The second-order valence-electron chi connectivity index (χ2n) is 6.85. The zero-order valence-corrected chi connectivity index (χ0v) is 16.2. The molecule has 0 aliphatic rings. The van der Waals surface area contributed by atoms with E-state index in [2.05, 4.69) is 10.6 Å². The summed E-state index contributed by atoms with van der Waals surface area (Å²) >= 11 is 0. The Kier molecular flexibility index (Phi) is 6.74. The Morgan fingerprint density at radius 3 is 2.24 bits per heavy atom. The molecule has 0 radical (unpaired) electrons. The van der Waals surface area contributed by atoms with Gasteiger partial charge in [-0.25, -0.2) is 4.39 Å². The summed E-state index contributed by atoms with van der Waals surface area (Å²) in [4.78, 5) is 24.8. The van der Waals surface area contributed by atoms with Crippen LogP contribution in [0.1, 0.15) is 37.4 Å². The van der Waals surface area contributed by atoms with E-state index in [1.165, 1.54) is 6.07 Å². The van der Waals surface area contributed by atoms with E-state index in [0.29, 0.717) is 36.2 Å². The monoisotopic (exact) mass is 390 g/mol. The molecular weight excluding hydrogens is 367 g/mol. The van der Waals surface area contributed by atoms with Crippen molar-refractivity contribution in [3.05, 3.63) is 106 Å². The van der Waals surface area contributed by atoms with Crippen molar-refractivity contribution in [1.82, 2.24) is 10.6 Å². The molecule has 0 saturated carbocycles. The van der Waals surface area contributed by atoms with Crippen LogP contribution in [0.25, 0.3) is 0 Å². The van der Waals surface area contributed by atoms with Crippen molar-refractivity contribution < 1.29 is 14.0 Å². The molecule has 0 atom stereocenters. The maximum atomic E-state index is 13.6. The molecule has 3 aromatic rings. The topological polar surface area (TPSA) is 58.2 Å². The fourth-order valence-corrected chi connectivity index (χ4v) is 3.02. The van der Waals surface area contributed by atoms with Crippen LogP contribution in [0.4, 0.5) is 4.39 Å². The molecule has 0 spiro atoms. The third-order valence-corrected chi connectivity index (χ3v) is 4.56. The highest BCUT2D eigenvalue weighted by atomic mass is 19.1. The molecule has 29 heavy (non-hydrogen) atoms. The molecule has 0 aliphatic carbocycles. The lowest BCUT2D eigenvalue weighted by molar-refractivity contribution is 0.0950. The van der Waals surface area contributed by atoms with Crippen LogP contribution in [0.2, 0.25) is 0 Å². The van der Waals surface area contributed by atoms with Crippen molar-refractivity contribution >= 4 is 11.8 Å². The number of rotatable bonds is 7. The van der Waals surface area contributed by atoms with Gasteiger partial charge in [-0.15, -0.1) is 0 Å². The number of carbonyl (C=O) groups excluding carboxylic acids is 2. The first-order valence-electron chi connectivity index (χ1n) is 9.48. The second-order valence-corrected chi connectivity index (χ2v) is 6.85. The average Bonchev–Trinajstić information content (AvgIpc) is 2.73. The number of hydrogen-bond acceptors (Lipinski definition) is 2. The number of hydrogen-bond donors (Lipinski definition) is 2. The molecule has 3 aromatic carbocycles. The lowest BCUT2D eigenvalue weighted by atomic mass is 10.1. The number of halogens is 1. The van der Waals surface area contributed by atoms with Gasteiger partial charge >= 0.3 is 0 Å². The molecule has 148 valence electrons. The number of amides is 2. The zero-order chi connectivity index (χ0) is 20.6. The number of aryl methyl sites for hydroxylation is 1. The number of nitrogens with one attached hydrogen (secondary N) is 2. The molecule has 0 aromatic heterocycles. The largest absolute Gasteiger partial charge is 0.352 e. The molecule has 2 N–H and O–H groups in total. The first-order valence-corrected chi connectivity index (χ1v) is 9.48. The molecule has 0 heterocycles. The van der Waals surface area contributed by atoms with Gasteiger partial charge in [0.25, 0.3) is 11.8 Å². The summed E-state index contributed by atoms with van der Waals surface area (Å²) in [6, 6.07) is 21.0. The van der Waals surface area contributed by atoms with Gasteiger partial charge < -0.3 is 10.6 Å². The van der Waals surface area contributed by atoms with Crippen LogP contribution in [0, 0.1) is 12.7 Å². The summed E-state index contributed by atoms with van der Waals surface area (Å²) < 4.78 is 13.6. The molecule has 0 fully saturated rings. The highest BCUT2D eigenvalue weighted by Gasteiger charge is 2.11. The second kappa shape index (κ2) is 9.64. The Morgan fingerprint density at radius 2 is 1.52 bits per heavy atom. The van der Waals surface area contributed by atoms with Gasteiger partial charge in [-0.1, -0.05) is 54.1 Å². The van der Waals surface area contributed by atoms with E-state index in [-0.39, 0.29) is 17.6 Å². The summed E-state index contributed by atoms with van der Waals surface area (Å²) in [6.07, 6.45) is 0.398. The molecule has 2 amide bonds. The Labute approximate surface area is 169 Å². The third kappa shape index (κ3) is 5.75. The normalized spacial score (nSPS) is 10.4. The standard InChI is InChI=1S/C24H23FN2O2/c1-17-6-4-7-18(14-17)16-27-24(29)21-10-5-9-20(15-21)23(28)26-13-12-19-8-2-3-11-22(19)25/h2-11,14-15H,12-13,16H2,1H3,(H,26,28)(H,27,29). The van der Waals surface area contributed by atoms with Crippen molar-refractivity contribution in [3.8, 4) is 0 Å². The average molecular weight is 390 g/mol. The molecule has 0 aliphatic heterocycles. The molecular formula is C24H23FN2O2. The Bertz CT molecular complexity index is 1020. The van der Waals surface area contributed by atoms with Gasteiger partial charge in [-0.05, 0) is 48.7 Å². The van der Waals surface area contributed by atoms with Gasteiger partial charge in [0.15, 0.2) is 0 Å². The van der Waals surface area contributed by atoms with Crippen LogP contribution < -0.4 is 10.6 Å². The van der Waals surface area contributed by atoms with Crippen molar-refractivity contribution in [1.29, 1.82) is 0 Å². The maximum Gasteiger partial charge on any atom is 0.251 e. The third-order valence-electron chi connectivity index (χ3n) is 4.56. The Morgan fingerprint density at radius 1 is 0.828 bits per heavy atom. The van der Waals surface area contributed by atoms with E-state index >= 15 is 0 Å². The maximum absolute atomic E-state index is 13.6. The summed E-state index contributed by atoms with van der Waals surface area (Å²) in [5.74, 6) is -0.823. The minimum atomic E-state index is -0.297. The Hall–Kier alpha value is -3.47. The van der Waals surface area contributed by atoms with Crippen molar-refractivity contribution in [3.63, 3.8) is 0 Å². The first kappa shape index (κ1) is 20.3. The van der Waals surface area contributed by atoms with Crippen LogP contribution in [-0.4, -0.2) is 18.4 Å². The summed E-state index contributed by atoms with van der Waals surface area (Å²) in [6.45, 7) is 2.72. The fraction of sp³-hybridized carbons (Fsp3) is 0.167. The molecule has 3 rings (SSSR count). The van der Waals surface area contributed by atoms with Gasteiger partial charge in [0.1, 0.15) is 5.82 Å². The predicted molar refractivity (Wildman–Crippen MR) is 111 cm³/mol. The van der Waals surface area contributed by atoms with E-state index in [9.17, 15) is 14.0 Å². The lowest BCUT2D eigenvalue weighted by Gasteiger charge is -2.09. The van der Waals surface area contributed by atoms with E-state index in [1.54, 1.807) is 42.5 Å². The van der Waals surface area contributed by atoms with Crippen LogP contribution in [0.5, 0.6) is 0 Å². The SMILES string of the molecule is Cc1cccc(CNC(=O)c2cccc(C(=O)NCCc3ccccc3F)c2)c1. The lowest BCUT2D eigenvalue weighted by Crippen LogP contribution is -2.27. The first-order chi connectivity index (χ1) is 14.0.